The topological polar surface area (TPSA) is 107 Å². The Kier molecular flexibility index (Phi) is 9.42. The lowest BCUT2D eigenvalue weighted by atomic mass is 10.2. The van der Waals surface area contributed by atoms with Crippen LogP contribution in [0.25, 0.3) is 0 Å². The first-order valence-corrected chi connectivity index (χ1v) is 13.7. The number of benzene rings is 3. The summed E-state index contributed by atoms with van der Waals surface area (Å²) < 4.78 is 44.0. The minimum Gasteiger partial charge on any atom is -0.493 e. The maximum atomic E-state index is 13.5. The number of ether oxygens (including phenoxy) is 3. The van der Waals surface area contributed by atoms with Gasteiger partial charge in [0.2, 0.25) is 5.75 Å². The van der Waals surface area contributed by atoms with E-state index in [4.69, 9.17) is 14.2 Å². The van der Waals surface area contributed by atoms with Crippen molar-refractivity contribution in [2.45, 2.75) is 16.7 Å². The highest BCUT2D eigenvalue weighted by atomic mass is 32.2. The van der Waals surface area contributed by atoms with E-state index in [1.165, 1.54) is 51.4 Å². The van der Waals surface area contributed by atoms with Gasteiger partial charge >= 0.3 is 0 Å². The summed E-state index contributed by atoms with van der Waals surface area (Å²) in [7, 11) is 0.463. The zero-order chi connectivity index (χ0) is 27.0. The Morgan fingerprint density at radius 1 is 0.973 bits per heavy atom. The molecule has 0 bridgehead atoms. The van der Waals surface area contributed by atoms with Crippen molar-refractivity contribution in [3.8, 4) is 17.2 Å². The Balaban J connectivity index is 1.84. The third-order valence-electron chi connectivity index (χ3n) is 5.35. The molecule has 0 spiro atoms. The van der Waals surface area contributed by atoms with Crippen LogP contribution in [0.4, 0.5) is 5.69 Å². The van der Waals surface area contributed by atoms with Crippen LogP contribution in [0.3, 0.4) is 0 Å². The molecule has 0 heterocycles. The molecule has 196 valence electrons. The molecule has 0 unspecified atom stereocenters. The maximum absolute atomic E-state index is 13.5. The number of thioether (sulfide) groups is 1. The molecule has 0 aromatic heterocycles. The number of aryl methyl sites for hydroxylation is 1. The molecule has 0 saturated heterocycles. The third-order valence-corrected chi connectivity index (χ3v) is 7.88. The van der Waals surface area contributed by atoms with E-state index in [-0.39, 0.29) is 4.90 Å². The molecule has 0 aliphatic heterocycles. The standard InChI is InChI=1S/C26H29N3O6S2/c1-18-6-8-20(9-7-18)29(37(31,32)22-12-10-21(36-5)11-13-22)17-25(30)28-27-16-19-14-23(33-2)26(35-4)24(15-19)34-3/h6-16H,17H2,1-5H3,(H,28,30)/b27-16-. The van der Waals surface area contributed by atoms with Crippen molar-refractivity contribution in [1.29, 1.82) is 0 Å². The molecule has 0 fully saturated rings. The number of hydrogen-bond donors (Lipinski definition) is 1. The molecule has 9 nitrogen and oxygen atoms in total. The summed E-state index contributed by atoms with van der Waals surface area (Å²) in [4.78, 5) is 13.8. The number of hydrazone groups is 1. The minimum absolute atomic E-state index is 0.0830. The lowest BCUT2D eigenvalue weighted by Gasteiger charge is -2.24. The highest BCUT2D eigenvalue weighted by molar-refractivity contribution is 7.98. The normalized spacial score (nSPS) is 11.3. The summed E-state index contributed by atoms with van der Waals surface area (Å²) in [5.74, 6) is 0.668. The maximum Gasteiger partial charge on any atom is 0.264 e. The summed E-state index contributed by atoms with van der Waals surface area (Å²) in [5, 5.41) is 3.99. The molecule has 3 rings (SSSR count). The molecule has 37 heavy (non-hydrogen) atoms. The molecule has 3 aromatic rings. The van der Waals surface area contributed by atoms with Gasteiger partial charge in [-0.25, -0.2) is 13.8 Å². The summed E-state index contributed by atoms with van der Waals surface area (Å²) in [6, 6.07) is 16.7. The van der Waals surface area contributed by atoms with Crippen molar-refractivity contribution in [3.05, 3.63) is 71.8 Å². The van der Waals surface area contributed by atoms with E-state index in [9.17, 15) is 13.2 Å². The molecule has 0 aliphatic carbocycles. The van der Waals surface area contributed by atoms with Crippen molar-refractivity contribution >= 4 is 39.6 Å². The number of carbonyl (C=O) groups excluding carboxylic acids is 1. The predicted molar refractivity (Wildman–Crippen MR) is 146 cm³/mol. The lowest BCUT2D eigenvalue weighted by molar-refractivity contribution is -0.119. The van der Waals surface area contributed by atoms with Crippen LogP contribution >= 0.6 is 11.8 Å². The van der Waals surface area contributed by atoms with Gasteiger partial charge in [-0.15, -0.1) is 11.8 Å². The molecular formula is C26H29N3O6S2. The van der Waals surface area contributed by atoms with Crippen LogP contribution in [0.2, 0.25) is 0 Å². The number of hydrogen-bond acceptors (Lipinski definition) is 8. The number of anilines is 1. The van der Waals surface area contributed by atoms with Gasteiger partial charge in [0, 0.05) is 10.5 Å². The zero-order valence-corrected chi connectivity index (χ0v) is 22.9. The summed E-state index contributed by atoms with van der Waals surface area (Å²) in [5.41, 5.74) is 4.30. The van der Waals surface area contributed by atoms with E-state index in [0.29, 0.717) is 28.5 Å². The Morgan fingerprint density at radius 2 is 1.57 bits per heavy atom. The van der Waals surface area contributed by atoms with Gasteiger partial charge in [-0.05, 0) is 61.7 Å². The average molecular weight is 544 g/mol. The van der Waals surface area contributed by atoms with Crippen LogP contribution in [-0.2, 0) is 14.8 Å². The van der Waals surface area contributed by atoms with Crippen LogP contribution in [0.15, 0.2) is 75.6 Å². The first-order chi connectivity index (χ1) is 17.7. The van der Waals surface area contributed by atoms with E-state index in [0.717, 1.165) is 14.8 Å². The van der Waals surface area contributed by atoms with Crippen LogP contribution in [0.1, 0.15) is 11.1 Å². The first kappa shape index (κ1) is 27.9. The molecule has 1 N–H and O–H groups in total. The fourth-order valence-corrected chi connectivity index (χ4v) is 5.25. The van der Waals surface area contributed by atoms with Gasteiger partial charge in [-0.1, -0.05) is 17.7 Å². The molecule has 0 aliphatic rings. The largest absolute Gasteiger partial charge is 0.493 e. The van der Waals surface area contributed by atoms with Gasteiger partial charge in [-0.3, -0.25) is 9.10 Å². The predicted octanol–water partition coefficient (Wildman–Crippen LogP) is 4.09. The van der Waals surface area contributed by atoms with Gasteiger partial charge in [0.05, 0.1) is 38.1 Å². The Labute approximate surface area is 221 Å². The molecule has 0 atom stereocenters. The van der Waals surface area contributed by atoms with Gasteiger partial charge < -0.3 is 14.2 Å². The van der Waals surface area contributed by atoms with E-state index in [1.54, 1.807) is 48.5 Å². The number of carbonyl (C=O) groups is 1. The van der Waals surface area contributed by atoms with Crippen LogP contribution in [-0.4, -0.2) is 54.7 Å². The molecule has 0 radical (unpaired) electrons. The number of nitrogens with one attached hydrogen (secondary N) is 1. The van der Waals surface area contributed by atoms with Crippen LogP contribution in [0.5, 0.6) is 17.2 Å². The number of amides is 1. The smallest absolute Gasteiger partial charge is 0.264 e. The molecule has 3 aromatic carbocycles. The summed E-state index contributed by atoms with van der Waals surface area (Å²) in [6.45, 7) is 1.43. The van der Waals surface area contributed by atoms with E-state index < -0.39 is 22.5 Å². The molecule has 0 saturated carbocycles. The van der Waals surface area contributed by atoms with Crippen LogP contribution < -0.4 is 23.9 Å². The second kappa shape index (κ2) is 12.5. The first-order valence-electron chi connectivity index (χ1n) is 11.1. The van der Waals surface area contributed by atoms with Gasteiger partial charge in [-0.2, -0.15) is 5.10 Å². The lowest BCUT2D eigenvalue weighted by Crippen LogP contribution is -2.39. The SMILES string of the molecule is COc1cc(/C=N\NC(=O)CN(c2ccc(C)cc2)S(=O)(=O)c2ccc(SC)cc2)cc(OC)c1OC. The quantitative estimate of drug-likeness (QED) is 0.221. The van der Waals surface area contributed by atoms with E-state index in [2.05, 4.69) is 10.5 Å². The van der Waals surface area contributed by atoms with Crippen molar-refractivity contribution in [1.82, 2.24) is 5.43 Å². The van der Waals surface area contributed by atoms with Gasteiger partial charge in [0.15, 0.2) is 11.5 Å². The highest BCUT2D eigenvalue weighted by Crippen LogP contribution is 2.37. The molecule has 11 heteroatoms. The van der Waals surface area contributed by atoms with Crippen molar-refractivity contribution < 1.29 is 27.4 Å². The number of nitrogens with zero attached hydrogens (tertiary/aromatic N) is 2. The summed E-state index contributed by atoms with van der Waals surface area (Å²) in [6.07, 6.45) is 3.30. The highest BCUT2D eigenvalue weighted by Gasteiger charge is 2.27. The minimum atomic E-state index is -4.03. The van der Waals surface area contributed by atoms with E-state index in [1.807, 2.05) is 13.2 Å². The Hall–Kier alpha value is -3.70. The van der Waals surface area contributed by atoms with E-state index >= 15 is 0 Å². The average Bonchev–Trinajstić information content (AvgIpc) is 2.91. The fraction of sp³-hybridized carbons (Fsp3) is 0.231. The molecule has 1 amide bonds. The monoisotopic (exact) mass is 543 g/mol. The third kappa shape index (κ3) is 6.75. The Bertz CT molecular complexity index is 1330. The van der Waals surface area contributed by atoms with Crippen LogP contribution in [0, 0.1) is 6.92 Å². The number of methoxy groups -OCH3 is 3. The van der Waals surface area contributed by atoms with Crippen molar-refractivity contribution in [3.63, 3.8) is 0 Å². The van der Waals surface area contributed by atoms with Gasteiger partial charge in [0.25, 0.3) is 15.9 Å². The van der Waals surface area contributed by atoms with Crippen molar-refractivity contribution in [2.24, 2.45) is 5.10 Å². The number of sulfonamides is 1. The second-order valence-corrected chi connectivity index (χ2v) is 10.5. The number of rotatable bonds is 11. The van der Waals surface area contributed by atoms with Crippen molar-refractivity contribution in [2.75, 3.05) is 38.4 Å². The van der Waals surface area contributed by atoms with Gasteiger partial charge in [0.1, 0.15) is 6.54 Å². The fourth-order valence-electron chi connectivity index (χ4n) is 3.42. The Morgan fingerprint density at radius 3 is 2.08 bits per heavy atom. The molecular weight excluding hydrogens is 514 g/mol. The summed E-state index contributed by atoms with van der Waals surface area (Å²) >= 11 is 1.51. The second-order valence-electron chi connectivity index (χ2n) is 7.77. The zero-order valence-electron chi connectivity index (χ0n) is 21.2.